The molecule has 3 heterocycles. The van der Waals surface area contributed by atoms with Crippen molar-refractivity contribution in [3.05, 3.63) is 36.3 Å². The van der Waals surface area contributed by atoms with Crippen molar-refractivity contribution in [1.82, 2.24) is 13.9 Å². The fourth-order valence-corrected chi connectivity index (χ4v) is 5.78. The summed E-state index contributed by atoms with van der Waals surface area (Å²) < 4.78 is 39.5. The van der Waals surface area contributed by atoms with Crippen LogP contribution in [-0.4, -0.2) is 47.9 Å². The van der Waals surface area contributed by atoms with Gasteiger partial charge in [0.1, 0.15) is 0 Å². The highest BCUT2D eigenvalue weighted by molar-refractivity contribution is 7.99. The van der Waals surface area contributed by atoms with Gasteiger partial charge in [-0.2, -0.15) is 16.1 Å². The number of aromatic nitrogens is 2. The highest BCUT2D eigenvalue weighted by Gasteiger charge is 2.30. The van der Waals surface area contributed by atoms with Crippen molar-refractivity contribution in [3.63, 3.8) is 0 Å². The number of rotatable bonds is 3. The Morgan fingerprint density at radius 2 is 2.08 bits per heavy atom. The highest BCUT2D eigenvalue weighted by atomic mass is 32.2. The number of sulfonamides is 1. The van der Waals surface area contributed by atoms with Gasteiger partial charge >= 0.3 is 0 Å². The minimum Gasteiger partial charge on any atom is -0.454 e. The number of nitrogens with zero attached hydrogens (tertiary/aromatic N) is 3. The number of ether oxygens (including phenoxy) is 2. The van der Waals surface area contributed by atoms with Crippen LogP contribution in [0.25, 0.3) is 0 Å². The molecule has 0 bridgehead atoms. The molecule has 1 fully saturated rings. The van der Waals surface area contributed by atoms with Crippen molar-refractivity contribution >= 4 is 21.8 Å². The number of imidazole rings is 1. The van der Waals surface area contributed by atoms with Gasteiger partial charge in [-0.1, -0.05) is 6.07 Å². The largest absolute Gasteiger partial charge is 0.454 e. The van der Waals surface area contributed by atoms with Crippen molar-refractivity contribution < 1.29 is 17.9 Å². The van der Waals surface area contributed by atoms with Gasteiger partial charge in [-0.25, -0.2) is 13.4 Å². The molecule has 1 unspecified atom stereocenters. The number of fused-ring (bicyclic) bond motifs is 1. The van der Waals surface area contributed by atoms with E-state index in [1.807, 2.05) is 18.2 Å². The van der Waals surface area contributed by atoms with Crippen molar-refractivity contribution in [1.29, 1.82) is 0 Å². The summed E-state index contributed by atoms with van der Waals surface area (Å²) in [5, 5.41) is 0.347. The summed E-state index contributed by atoms with van der Waals surface area (Å²) in [7, 11) is -1.77. The Labute approximate surface area is 151 Å². The lowest BCUT2D eigenvalue weighted by Gasteiger charge is -2.18. The molecule has 1 aromatic carbocycles. The average molecular weight is 381 g/mol. The lowest BCUT2D eigenvalue weighted by atomic mass is 10.1. The fraction of sp³-hybridized carbons (Fsp3) is 0.438. The maximum atomic E-state index is 12.8. The Balaban J connectivity index is 1.50. The van der Waals surface area contributed by atoms with Crippen LogP contribution in [0.4, 0.5) is 0 Å². The number of hydrogen-bond acceptors (Lipinski definition) is 6. The van der Waals surface area contributed by atoms with Gasteiger partial charge in [-0.15, -0.1) is 0 Å². The third-order valence-corrected chi connectivity index (χ3v) is 7.47. The second kappa shape index (κ2) is 6.54. The van der Waals surface area contributed by atoms with Crippen molar-refractivity contribution in [2.24, 2.45) is 7.05 Å². The first-order valence-corrected chi connectivity index (χ1v) is 10.5. The van der Waals surface area contributed by atoms with E-state index in [9.17, 15) is 8.42 Å². The molecule has 0 spiro atoms. The zero-order chi connectivity index (χ0) is 17.4. The third kappa shape index (κ3) is 3.23. The van der Waals surface area contributed by atoms with Crippen LogP contribution in [0.3, 0.4) is 0 Å². The number of thioether (sulfide) groups is 1. The SMILES string of the molecule is Cn1cnc(S(=O)(=O)N2CCSC(c3ccc4c(c3)OCO4)CC2)c1. The normalized spacial score (nSPS) is 21.2. The molecular formula is C16H19N3O4S2. The molecule has 1 saturated heterocycles. The lowest BCUT2D eigenvalue weighted by molar-refractivity contribution is 0.174. The van der Waals surface area contributed by atoms with Gasteiger partial charge in [0.25, 0.3) is 10.0 Å². The summed E-state index contributed by atoms with van der Waals surface area (Å²) in [6, 6.07) is 5.96. The molecule has 0 saturated carbocycles. The van der Waals surface area contributed by atoms with E-state index in [1.54, 1.807) is 29.6 Å². The first-order valence-electron chi connectivity index (χ1n) is 8.03. The fourth-order valence-electron chi connectivity index (χ4n) is 3.02. The second-order valence-electron chi connectivity index (χ2n) is 6.04. The number of aryl methyl sites for hydroxylation is 1. The van der Waals surface area contributed by atoms with E-state index in [0.29, 0.717) is 13.1 Å². The zero-order valence-electron chi connectivity index (χ0n) is 13.8. The predicted molar refractivity (Wildman–Crippen MR) is 94.3 cm³/mol. The second-order valence-corrected chi connectivity index (χ2v) is 9.24. The summed E-state index contributed by atoms with van der Waals surface area (Å²) in [4.78, 5) is 4.01. The topological polar surface area (TPSA) is 73.7 Å². The maximum absolute atomic E-state index is 12.8. The van der Waals surface area contributed by atoms with Crippen LogP contribution in [0.15, 0.2) is 35.7 Å². The quantitative estimate of drug-likeness (QED) is 0.810. The van der Waals surface area contributed by atoms with Crippen molar-refractivity contribution in [2.75, 3.05) is 25.6 Å². The monoisotopic (exact) mass is 381 g/mol. The van der Waals surface area contributed by atoms with Crippen LogP contribution in [0.1, 0.15) is 17.2 Å². The van der Waals surface area contributed by atoms with Crippen LogP contribution < -0.4 is 9.47 Å². The van der Waals surface area contributed by atoms with Crippen LogP contribution in [0, 0.1) is 0 Å². The molecule has 2 aliphatic rings. The molecule has 2 aromatic rings. The van der Waals surface area contributed by atoms with Gasteiger partial charge in [0.05, 0.1) is 6.33 Å². The molecule has 134 valence electrons. The molecular weight excluding hydrogens is 362 g/mol. The van der Waals surface area contributed by atoms with Gasteiger partial charge in [0.2, 0.25) is 6.79 Å². The Bertz CT molecular complexity index is 881. The molecule has 0 N–H and O–H groups in total. The van der Waals surface area contributed by atoms with E-state index >= 15 is 0 Å². The van der Waals surface area contributed by atoms with Gasteiger partial charge < -0.3 is 14.0 Å². The minimum atomic E-state index is -3.54. The summed E-state index contributed by atoms with van der Waals surface area (Å²) >= 11 is 1.77. The Morgan fingerprint density at radius 1 is 1.24 bits per heavy atom. The first kappa shape index (κ1) is 16.7. The third-order valence-electron chi connectivity index (χ3n) is 4.35. The van der Waals surface area contributed by atoms with Gasteiger partial charge in [0.15, 0.2) is 16.5 Å². The number of hydrogen-bond donors (Lipinski definition) is 0. The molecule has 4 rings (SSSR count). The molecule has 0 amide bonds. The molecule has 1 aromatic heterocycles. The first-order chi connectivity index (χ1) is 12.0. The molecule has 7 nitrogen and oxygen atoms in total. The smallest absolute Gasteiger partial charge is 0.262 e. The summed E-state index contributed by atoms with van der Waals surface area (Å²) in [6.45, 7) is 1.22. The molecule has 0 aliphatic carbocycles. The van der Waals surface area contributed by atoms with Crippen molar-refractivity contribution in [2.45, 2.75) is 16.7 Å². The zero-order valence-corrected chi connectivity index (χ0v) is 15.4. The van der Waals surface area contributed by atoms with E-state index in [1.165, 1.54) is 10.6 Å². The van der Waals surface area contributed by atoms with Gasteiger partial charge in [-0.3, -0.25) is 0 Å². The Kier molecular flexibility index (Phi) is 4.38. The van der Waals surface area contributed by atoms with Crippen LogP contribution >= 0.6 is 11.8 Å². The molecule has 25 heavy (non-hydrogen) atoms. The molecule has 2 aliphatic heterocycles. The average Bonchev–Trinajstić information content (AvgIpc) is 3.16. The minimum absolute atomic E-state index is 0.113. The van der Waals surface area contributed by atoms with E-state index in [4.69, 9.17) is 9.47 Å². The van der Waals surface area contributed by atoms with E-state index in [2.05, 4.69) is 4.98 Å². The molecule has 1 atom stereocenters. The standard InChI is InChI=1S/C16H19N3O4S2/c1-18-9-16(17-10-18)25(20,21)19-5-4-15(24-7-6-19)12-2-3-13-14(8-12)23-11-22-13/h2-3,8-10,15H,4-7,11H2,1H3. The summed E-state index contributed by atoms with van der Waals surface area (Å²) in [6.07, 6.45) is 3.80. The maximum Gasteiger partial charge on any atom is 0.262 e. The molecule has 9 heteroatoms. The van der Waals surface area contributed by atoms with E-state index in [-0.39, 0.29) is 17.1 Å². The van der Waals surface area contributed by atoms with Crippen molar-refractivity contribution in [3.8, 4) is 11.5 Å². The van der Waals surface area contributed by atoms with Gasteiger partial charge in [0, 0.05) is 37.3 Å². The van der Waals surface area contributed by atoms with E-state index < -0.39 is 10.0 Å². The van der Waals surface area contributed by atoms with Crippen LogP contribution in [-0.2, 0) is 17.1 Å². The van der Waals surface area contributed by atoms with Gasteiger partial charge in [-0.05, 0) is 24.1 Å². The highest BCUT2D eigenvalue weighted by Crippen LogP contribution is 2.40. The predicted octanol–water partition coefficient (Wildman–Crippen LogP) is 2.02. The number of benzene rings is 1. The Hall–Kier alpha value is -1.71. The summed E-state index contributed by atoms with van der Waals surface area (Å²) in [5.41, 5.74) is 1.14. The molecule has 0 radical (unpaired) electrons. The van der Waals surface area contributed by atoms with E-state index in [0.717, 1.165) is 29.2 Å². The Morgan fingerprint density at radius 3 is 2.88 bits per heavy atom. The van der Waals surface area contributed by atoms with Crippen LogP contribution in [0.2, 0.25) is 0 Å². The lowest BCUT2D eigenvalue weighted by Crippen LogP contribution is -2.33. The summed E-state index contributed by atoms with van der Waals surface area (Å²) in [5.74, 6) is 2.27. The van der Waals surface area contributed by atoms with Crippen LogP contribution in [0.5, 0.6) is 11.5 Å².